The number of amides is 1. The summed E-state index contributed by atoms with van der Waals surface area (Å²) < 4.78 is 14.4. The van der Waals surface area contributed by atoms with Crippen LogP contribution in [0.5, 0.6) is 0 Å². The number of nitrogens with one attached hydrogen (secondary N) is 1. The third-order valence-corrected chi connectivity index (χ3v) is 4.60. The van der Waals surface area contributed by atoms with E-state index in [1.54, 1.807) is 6.07 Å². The van der Waals surface area contributed by atoms with E-state index in [2.05, 4.69) is 27.8 Å². The van der Waals surface area contributed by atoms with Crippen LogP contribution in [-0.2, 0) is 14.4 Å². The minimum atomic E-state index is -1.46. The Hall–Kier alpha value is -2.08. The fraction of sp³-hybridized carbons (Fsp3) is 0.188. The number of carbonyl (C=O) groups is 3. The van der Waals surface area contributed by atoms with E-state index in [9.17, 15) is 18.8 Å². The van der Waals surface area contributed by atoms with Gasteiger partial charge in [-0.15, -0.1) is 0 Å². The molecule has 1 N–H and O–H groups in total. The minimum absolute atomic E-state index is 0.0188. The summed E-state index contributed by atoms with van der Waals surface area (Å²) in [4.78, 5) is 36.6. The highest BCUT2D eigenvalue weighted by Crippen LogP contribution is 2.47. The Balaban J connectivity index is 1.95. The van der Waals surface area contributed by atoms with Crippen LogP contribution in [0.1, 0.15) is 6.42 Å². The number of rotatable bonds is 2. The van der Waals surface area contributed by atoms with Crippen molar-refractivity contribution in [2.24, 2.45) is 11.3 Å². The molecular weight excluding hydrogens is 353 g/mol. The third-order valence-electron chi connectivity index (χ3n) is 4.10. The summed E-state index contributed by atoms with van der Waals surface area (Å²) in [6, 6.07) is 4.19. The lowest BCUT2D eigenvalue weighted by atomic mass is 9.79. The van der Waals surface area contributed by atoms with Crippen LogP contribution in [0.4, 0.5) is 10.1 Å². The first-order valence-corrected chi connectivity index (χ1v) is 7.37. The van der Waals surface area contributed by atoms with Crippen LogP contribution >= 0.6 is 15.9 Å². The Morgan fingerprint density at radius 3 is 2.82 bits per heavy atom. The van der Waals surface area contributed by atoms with Gasteiger partial charge >= 0.3 is 0 Å². The van der Waals surface area contributed by atoms with Gasteiger partial charge in [-0.25, -0.2) is 4.39 Å². The van der Waals surface area contributed by atoms with Crippen molar-refractivity contribution in [2.45, 2.75) is 6.42 Å². The van der Waals surface area contributed by atoms with E-state index in [0.717, 1.165) is 0 Å². The molecular formula is C16H11BrFNO3. The number of halogens is 2. The highest BCUT2D eigenvalue weighted by atomic mass is 79.9. The second-order valence-corrected chi connectivity index (χ2v) is 6.31. The maximum atomic E-state index is 13.8. The van der Waals surface area contributed by atoms with Gasteiger partial charge in [0.15, 0.2) is 11.6 Å². The summed E-state index contributed by atoms with van der Waals surface area (Å²) in [5, 5.41) is 2.43. The van der Waals surface area contributed by atoms with Crippen LogP contribution in [0.3, 0.4) is 0 Å². The summed E-state index contributed by atoms with van der Waals surface area (Å²) in [6.07, 6.45) is 2.60. The molecule has 0 heterocycles. The minimum Gasteiger partial charge on any atom is -0.322 e. The zero-order valence-corrected chi connectivity index (χ0v) is 12.9. The largest absolute Gasteiger partial charge is 0.322 e. The van der Waals surface area contributed by atoms with E-state index in [-0.39, 0.29) is 23.5 Å². The maximum absolute atomic E-state index is 13.8. The van der Waals surface area contributed by atoms with Crippen molar-refractivity contribution in [2.75, 3.05) is 5.32 Å². The molecule has 1 saturated carbocycles. The molecule has 0 unspecified atom stereocenters. The molecule has 6 heteroatoms. The number of fused-ring (bicyclic) bond motifs is 2. The van der Waals surface area contributed by atoms with Crippen LogP contribution < -0.4 is 5.32 Å². The highest BCUT2D eigenvalue weighted by molar-refractivity contribution is 9.10. The van der Waals surface area contributed by atoms with Crippen LogP contribution in [0.15, 0.2) is 47.0 Å². The molecule has 1 fully saturated rings. The van der Waals surface area contributed by atoms with Crippen LogP contribution in [0, 0.1) is 17.2 Å². The van der Waals surface area contributed by atoms with Gasteiger partial charge in [-0.1, -0.05) is 28.6 Å². The molecule has 0 spiro atoms. The topological polar surface area (TPSA) is 63.2 Å². The maximum Gasteiger partial charge on any atom is 0.242 e. The van der Waals surface area contributed by atoms with Gasteiger partial charge in [0.05, 0.1) is 11.6 Å². The third kappa shape index (κ3) is 2.06. The van der Waals surface area contributed by atoms with Crippen LogP contribution in [0.2, 0.25) is 0 Å². The quantitative estimate of drug-likeness (QED) is 0.649. The Bertz CT molecular complexity index is 771. The van der Waals surface area contributed by atoms with Gasteiger partial charge < -0.3 is 5.32 Å². The lowest BCUT2D eigenvalue weighted by Gasteiger charge is -2.24. The number of benzene rings is 1. The molecule has 0 aliphatic heterocycles. The van der Waals surface area contributed by atoms with Gasteiger partial charge in [-0.2, -0.15) is 0 Å². The molecule has 22 heavy (non-hydrogen) atoms. The van der Waals surface area contributed by atoms with Crippen molar-refractivity contribution < 1.29 is 18.8 Å². The monoisotopic (exact) mass is 363 g/mol. The summed E-state index contributed by atoms with van der Waals surface area (Å²) in [6.45, 7) is 3.62. The predicted octanol–water partition coefficient (Wildman–Crippen LogP) is 2.80. The van der Waals surface area contributed by atoms with Crippen molar-refractivity contribution >= 4 is 39.1 Å². The van der Waals surface area contributed by atoms with Gasteiger partial charge in [-0.3, -0.25) is 14.4 Å². The molecule has 2 aliphatic rings. The number of hydrogen-bond acceptors (Lipinski definition) is 3. The molecule has 1 aromatic rings. The Labute approximate surface area is 134 Å². The van der Waals surface area contributed by atoms with Crippen molar-refractivity contribution in [3.05, 3.63) is 52.8 Å². The molecule has 112 valence electrons. The zero-order chi connectivity index (χ0) is 16.1. The number of ketones is 2. The average molecular weight is 364 g/mol. The van der Waals surface area contributed by atoms with Crippen LogP contribution in [0.25, 0.3) is 0 Å². The average Bonchev–Trinajstić information content (AvgIpc) is 2.69. The molecule has 2 atom stereocenters. The van der Waals surface area contributed by atoms with E-state index >= 15 is 0 Å². The molecule has 4 nitrogen and oxygen atoms in total. The molecule has 2 bridgehead atoms. The lowest BCUT2D eigenvalue weighted by Crippen LogP contribution is -2.39. The Kier molecular flexibility index (Phi) is 3.36. The van der Waals surface area contributed by atoms with Gasteiger partial charge in [-0.05, 0) is 30.7 Å². The summed E-state index contributed by atoms with van der Waals surface area (Å²) in [5.74, 6) is -2.62. The molecule has 0 saturated heterocycles. The Morgan fingerprint density at radius 1 is 1.41 bits per heavy atom. The van der Waals surface area contributed by atoms with E-state index < -0.39 is 28.8 Å². The number of Topliss-reactive ketones (excluding diaryl/α,β-unsaturated/α-hetero) is 1. The number of allylic oxidation sites excluding steroid dienone is 2. The molecule has 0 radical (unpaired) electrons. The first-order chi connectivity index (χ1) is 10.3. The standard InChI is InChI=1S/C16H11BrFNO3/c1-8-10-7-16(14(8)21,5-4-13(10)20)15(22)19-12-3-2-9(17)6-11(12)18/h2-6,10H,1,7H2,(H,19,22)/t10-,16-/m1/s1. The van der Waals surface area contributed by atoms with E-state index in [4.69, 9.17) is 0 Å². The van der Waals surface area contributed by atoms with E-state index in [1.165, 1.54) is 24.3 Å². The smallest absolute Gasteiger partial charge is 0.242 e. The normalized spacial score (nSPS) is 26.5. The van der Waals surface area contributed by atoms with Gasteiger partial charge in [0.25, 0.3) is 0 Å². The zero-order valence-electron chi connectivity index (χ0n) is 11.4. The van der Waals surface area contributed by atoms with Crippen LogP contribution in [-0.4, -0.2) is 17.5 Å². The first kappa shape index (κ1) is 14.8. The van der Waals surface area contributed by atoms with Gasteiger partial charge in [0.2, 0.25) is 5.91 Å². The lowest BCUT2D eigenvalue weighted by molar-refractivity contribution is -0.132. The number of anilines is 1. The summed E-state index contributed by atoms with van der Waals surface area (Å²) in [5.41, 5.74) is -1.34. The van der Waals surface area contributed by atoms with E-state index in [0.29, 0.717) is 4.47 Å². The highest BCUT2D eigenvalue weighted by Gasteiger charge is 2.56. The summed E-state index contributed by atoms with van der Waals surface area (Å²) >= 11 is 3.13. The molecule has 1 amide bonds. The Morgan fingerprint density at radius 2 is 2.14 bits per heavy atom. The second-order valence-electron chi connectivity index (χ2n) is 5.40. The molecule has 3 rings (SSSR count). The molecule has 2 aliphatic carbocycles. The van der Waals surface area contributed by atoms with Crippen molar-refractivity contribution in [3.63, 3.8) is 0 Å². The predicted molar refractivity (Wildman–Crippen MR) is 81.6 cm³/mol. The number of hydrogen-bond donors (Lipinski definition) is 1. The van der Waals surface area contributed by atoms with E-state index in [1.807, 2.05) is 0 Å². The second kappa shape index (κ2) is 4.98. The fourth-order valence-corrected chi connectivity index (χ4v) is 3.17. The van der Waals surface area contributed by atoms with Gasteiger partial charge in [0.1, 0.15) is 11.2 Å². The summed E-state index contributed by atoms with van der Waals surface area (Å²) in [7, 11) is 0. The SMILES string of the molecule is C=C1C(=O)[C@@]2(C(=O)Nc3ccc(Br)cc3F)C=CC(=O)[C@@H]1C2. The number of carbonyl (C=O) groups excluding carboxylic acids is 3. The first-order valence-electron chi connectivity index (χ1n) is 6.58. The molecule has 1 aromatic carbocycles. The fourth-order valence-electron chi connectivity index (χ4n) is 2.84. The van der Waals surface area contributed by atoms with Crippen molar-refractivity contribution in [1.82, 2.24) is 0 Å². The van der Waals surface area contributed by atoms with Gasteiger partial charge in [0, 0.05) is 10.0 Å². The van der Waals surface area contributed by atoms with Crippen molar-refractivity contribution in [1.29, 1.82) is 0 Å². The van der Waals surface area contributed by atoms with Crippen molar-refractivity contribution in [3.8, 4) is 0 Å². The molecule has 0 aromatic heterocycles.